The lowest BCUT2D eigenvalue weighted by Crippen LogP contribution is -2.32. The van der Waals surface area contributed by atoms with E-state index in [4.69, 9.17) is 0 Å². The minimum Gasteiger partial charge on any atom is -0.350 e. The summed E-state index contributed by atoms with van der Waals surface area (Å²) in [6, 6.07) is 5.89. The predicted octanol–water partition coefficient (Wildman–Crippen LogP) is 4.24. The molecule has 1 aromatic carbocycles. The summed E-state index contributed by atoms with van der Waals surface area (Å²) in [5.41, 5.74) is 3.48. The van der Waals surface area contributed by atoms with Crippen LogP contribution < -0.4 is 5.32 Å². The molecule has 0 aliphatic rings. The van der Waals surface area contributed by atoms with E-state index >= 15 is 0 Å². The number of hydrogen-bond donors (Lipinski definition) is 1. The number of nitrogens with zero attached hydrogens (tertiary/aromatic N) is 1. The molecule has 4 heteroatoms. The molecule has 0 fully saturated rings. The van der Waals surface area contributed by atoms with Gasteiger partial charge in [-0.15, -0.1) is 11.3 Å². The normalized spacial score (nSPS) is 12.8. The van der Waals surface area contributed by atoms with Gasteiger partial charge in [0.05, 0.1) is 15.7 Å². The Morgan fingerprint density at radius 3 is 2.85 bits per heavy atom. The molecule has 2 rings (SSSR count). The highest BCUT2D eigenvalue weighted by Crippen LogP contribution is 2.19. The van der Waals surface area contributed by atoms with Crippen molar-refractivity contribution in [1.82, 2.24) is 10.3 Å². The molecule has 0 bridgehead atoms. The van der Waals surface area contributed by atoms with E-state index in [0.29, 0.717) is 0 Å². The van der Waals surface area contributed by atoms with E-state index in [-0.39, 0.29) is 11.9 Å². The maximum Gasteiger partial charge on any atom is 0.251 e. The lowest BCUT2D eigenvalue weighted by atomic mass is 10.0. The number of carbonyl (C=O) groups is 1. The third-order valence-corrected chi connectivity index (χ3v) is 4.18. The van der Waals surface area contributed by atoms with E-state index in [1.165, 1.54) is 6.42 Å². The van der Waals surface area contributed by atoms with Crippen LogP contribution in [0.3, 0.4) is 0 Å². The number of fused-ring (bicyclic) bond motifs is 1. The topological polar surface area (TPSA) is 42.0 Å². The van der Waals surface area contributed by atoms with Crippen molar-refractivity contribution in [2.75, 3.05) is 0 Å². The lowest BCUT2D eigenvalue weighted by Gasteiger charge is -2.14. The number of carbonyl (C=O) groups excluding carboxylic acids is 1. The zero-order chi connectivity index (χ0) is 14.5. The van der Waals surface area contributed by atoms with Gasteiger partial charge < -0.3 is 5.32 Å². The number of aromatic nitrogens is 1. The second kappa shape index (κ2) is 6.84. The van der Waals surface area contributed by atoms with Crippen LogP contribution in [0.4, 0.5) is 0 Å². The Bertz CT molecular complexity index is 577. The Balaban J connectivity index is 1.90. The van der Waals surface area contributed by atoms with E-state index in [1.807, 2.05) is 18.2 Å². The molecule has 1 amide bonds. The quantitative estimate of drug-likeness (QED) is 0.864. The third kappa shape index (κ3) is 4.04. The first-order valence-corrected chi connectivity index (χ1v) is 8.08. The molecular formula is C16H22N2OS. The van der Waals surface area contributed by atoms with Gasteiger partial charge in [0.1, 0.15) is 0 Å². The van der Waals surface area contributed by atoms with Crippen LogP contribution in [0.1, 0.15) is 50.4 Å². The Morgan fingerprint density at radius 1 is 1.30 bits per heavy atom. The third-order valence-electron chi connectivity index (χ3n) is 3.39. The second-order valence-electron chi connectivity index (χ2n) is 5.73. The standard InChI is InChI=1S/C16H22N2OS/c1-11(2)5-4-6-12(3)18-16(19)13-7-8-14-15(9-13)20-10-17-14/h7-12H,4-6H2,1-3H3,(H,18,19)/t12-/m1/s1. The van der Waals surface area contributed by atoms with Gasteiger partial charge in [0, 0.05) is 11.6 Å². The summed E-state index contributed by atoms with van der Waals surface area (Å²) in [7, 11) is 0. The Hall–Kier alpha value is -1.42. The molecule has 1 aromatic heterocycles. The van der Waals surface area contributed by atoms with Crippen LogP contribution in [0.5, 0.6) is 0 Å². The Labute approximate surface area is 124 Å². The summed E-state index contributed by atoms with van der Waals surface area (Å²) in [5.74, 6) is 0.740. The highest BCUT2D eigenvalue weighted by molar-refractivity contribution is 7.16. The van der Waals surface area contributed by atoms with E-state index in [1.54, 1.807) is 16.8 Å². The van der Waals surface area contributed by atoms with Crippen LogP contribution in [-0.4, -0.2) is 16.9 Å². The van der Waals surface area contributed by atoms with Gasteiger partial charge >= 0.3 is 0 Å². The van der Waals surface area contributed by atoms with Crippen LogP contribution in [0.25, 0.3) is 10.2 Å². The zero-order valence-corrected chi connectivity index (χ0v) is 13.2. The van der Waals surface area contributed by atoms with Gasteiger partial charge in [-0.3, -0.25) is 4.79 Å². The first-order chi connectivity index (χ1) is 9.56. The SMILES string of the molecule is CC(C)CCC[C@@H](C)NC(=O)c1ccc2ncsc2c1. The van der Waals surface area contributed by atoms with Gasteiger partial charge in [-0.25, -0.2) is 4.98 Å². The van der Waals surface area contributed by atoms with Crippen molar-refractivity contribution in [2.45, 2.75) is 46.1 Å². The number of hydrogen-bond acceptors (Lipinski definition) is 3. The summed E-state index contributed by atoms with van der Waals surface area (Å²) in [4.78, 5) is 16.4. The van der Waals surface area contributed by atoms with Crippen molar-refractivity contribution >= 4 is 27.5 Å². The molecule has 0 spiro atoms. The fraction of sp³-hybridized carbons (Fsp3) is 0.500. The average molecular weight is 290 g/mol. The van der Waals surface area contributed by atoms with Crippen LogP contribution in [-0.2, 0) is 0 Å². The molecule has 0 unspecified atom stereocenters. The monoisotopic (exact) mass is 290 g/mol. The summed E-state index contributed by atoms with van der Waals surface area (Å²) in [5, 5.41) is 3.07. The van der Waals surface area contributed by atoms with Crippen molar-refractivity contribution in [1.29, 1.82) is 0 Å². The molecule has 20 heavy (non-hydrogen) atoms. The van der Waals surface area contributed by atoms with Crippen molar-refractivity contribution < 1.29 is 4.79 Å². The number of thiazole rings is 1. The van der Waals surface area contributed by atoms with Crippen LogP contribution in [0.2, 0.25) is 0 Å². The van der Waals surface area contributed by atoms with Crippen LogP contribution >= 0.6 is 11.3 Å². The summed E-state index contributed by atoms with van der Waals surface area (Å²) in [6.07, 6.45) is 3.41. The lowest BCUT2D eigenvalue weighted by molar-refractivity contribution is 0.0938. The van der Waals surface area contributed by atoms with Gasteiger partial charge in [-0.2, -0.15) is 0 Å². The molecule has 1 atom stereocenters. The fourth-order valence-electron chi connectivity index (χ4n) is 2.21. The minimum absolute atomic E-state index is 0.0114. The van der Waals surface area contributed by atoms with E-state index in [0.717, 1.165) is 34.5 Å². The molecule has 0 saturated carbocycles. The predicted molar refractivity (Wildman–Crippen MR) is 85.2 cm³/mol. The molecule has 0 aliphatic heterocycles. The highest BCUT2D eigenvalue weighted by Gasteiger charge is 2.11. The molecule has 2 aromatic rings. The van der Waals surface area contributed by atoms with Crippen molar-refractivity contribution in [3.8, 4) is 0 Å². The largest absolute Gasteiger partial charge is 0.350 e. The van der Waals surface area contributed by atoms with E-state index in [9.17, 15) is 4.79 Å². The summed E-state index contributed by atoms with van der Waals surface area (Å²) < 4.78 is 1.06. The van der Waals surface area contributed by atoms with E-state index in [2.05, 4.69) is 31.1 Å². The number of rotatable bonds is 6. The van der Waals surface area contributed by atoms with Gasteiger partial charge in [0.2, 0.25) is 0 Å². The maximum atomic E-state index is 12.2. The van der Waals surface area contributed by atoms with Crippen molar-refractivity contribution in [2.24, 2.45) is 5.92 Å². The maximum absolute atomic E-state index is 12.2. The van der Waals surface area contributed by atoms with Gasteiger partial charge in [-0.1, -0.05) is 26.7 Å². The van der Waals surface area contributed by atoms with Crippen molar-refractivity contribution in [3.63, 3.8) is 0 Å². The van der Waals surface area contributed by atoms with Crippen LogP contribution in [0.15, 0.2) is 23.7 Å². The number of benzene rings is 1. The van der Waals surface area contributed by atoms with Gasteiger partial charge in [0.25, 0.3) is 5.91 Å². The molecular weight excluding hydrogens is 268 g/mol. The smallest absolute Gasteiger partial charge is 0.251 e. The summed E-state index contributed by atoms with van der Waals surface area (Å²) >= 11 is 1.56. The first-order valence-electron chi connectivity index (χ1n) is 7.20. The van der Waals surface area contributed by atoms with Crippen LogP contribution in [0, 0.1) is 5.92 Å². The second-order valence-corrected chi connectivity index (χ2v) is 6.62. The Morgan fingerprint density at radius 2 is 2.10 bits per heavy atom. The molecule has 3 nitrogen and oxygen atoms in total. The van der Waals surface area contributed by atoms with Crippen molar-refractivity contribution in [3.05, 3.63) is 29.3 Å². The zero-order valence-electron chi connectivity index (χ0n) is 12.3. The molecule has 108 valence electrons. The molecule has 0 saturated heterocycles. The molecule has 1 N–H and O–H groups in total. The van der Waals surface area contributed by atoms with Gasteiger partial charge in [-0.05, 0) is 37.5 Å². The van der Waals surface area contributed by atoms with Gasteiger partial charge in [0.15, 0.2) is 0 Å². The first kappa shape index (κ1) is 15.0. The number of nitrogens with one attached hydrogen (secondary N) is 1. The molecule has 0 aliphatic carbocycles. The highest BCUT2D eigenvalue weighted by atomic mass is 32.1. The van der Waals surface area contributed by atoms with E-state index < -0.39 is 0 Å². The number of amides is 1. The molecule has 0 radical (unpaired) electrons. The Kier molecular flexibility index (Phi) is 5.12. The fourth-order valence-corrected chi connectivity index (χ4v) is 2.92. The average Bonchev–Trinajstić information content (AvgIpc) is 2.85. The minimum atomic E-state index is 0.0114. The molecule has 1 heterocycles. The summed E-state index contributed by atoms with van der Waals surface area (Å²) in [6.45, 7) is 6.53.